The molecule has 1 aromatic heterocycles. The maximum absolute atomic E-state index is 12.5. The van der Waals surface area contributed by atoms with Crippen molar-refractivity contribution in [3.63, 3.8) is 0 Å². The Bertz CT molecular complexity index is 769. The Morgan fingerprint density at radius 2 is 2.14 bits per heavy atom. The zero-order chi connectivity index (χ0) is 15.7. The summed E-state index contributed by atoms with van der Waals surface area (Å²) in [5.41, 5.74) is 1.10. The fraction of sp³-hybridized carbons (Fsp3) is 0.312. The van der Waals surface area contributed by atoms with Crippen molar-refractivity contribution in [3.8, 4) is 5.75 Å². The molecule has 0 aliphatic carbocycles. The molecule has 0 spiro atoms. The van der Waals surface area contributed by atoms with Crippen LogP contribution in [0.25, 0.3) is 0 Å². The summed E-state index contributed by atoms with van der Waals surface area (Å²) in [7, 11) is 3.16. The number of rotatable bonds is 3. The molecule has 1 unspecified atom stereocenters. The lowest BCUT2D eigenvalue weighted by atomic mass is 9.94. The first kappa shape index (κ1) is 14.3. The number of ether oxygens (including phenoxy) is 1. The van der Waals surface area contributed by atoms with Gasteiger partial charge in [0.15, 0.2) is 0 Å². The molecule has 1 aliphatic rings. The standard InChI is InChI=1S/C16H17N3O3/c1-18-15(20)7-6-13(17-18)16(21)19-9-8-14(19)11-4-3-5-12(10-11)22-2/h3-7,10,14H,8-9H2,1-2H3. The predicted molar refractivity (Wildman–Crippen MR) is 80.9 cm³/mol. The van der Waals surface area contributed by atoms with Crippen molar-refractivity contribution in [1.82, 2.24) is 14.7 Å². The third kappa shape index (κ3) is 2.47. The molecule has 1 atom stereocenters. The number of carbonyl (C=O) groups is 1. The van der Waals surface area contributed by atoms with Crippen molar-refractivity contribution in [1.29, 1.82) is 0 Å². The molecule has 6 nitrogen and oxygen atoms in total. The van der Waals surface area contributed by atoms with Crippen LogP contribution in [-0.2, 0) is 7.05 Å². The molecular formula is C16H17N3O3. The lowest BCUT2D eigenvalue weighted by Crippen LogP contribution is -2.45. The van der Waals surface area contributed by atoms with E-state index in [0.29, 0.717) is 6.54 Å². The monoisotopic (exact) mass is 299 g/mol. The van der Waals surface area contributed by atoms with E-state index in [-0.39, 0.29) is 23.2 Å². The van der Waals surface area contributed by atoms with Crippen LogP contribution in [0.5, 0.6) is 5.75 Å². The second-order valence-corrected chi connectivity index (χ2v) is 5.26. The van der Waals surface area contributed by atoms with Gasteiger partial charge in [-0.05, 0) is 30.2 Å². The Balaban J connectivity index is 1.84. The topological polar surface area (TPSA) is 64.4 Å². The highest BCUT2D eigenvalue weighted by Gasteiger charge is 2.34. The molecule has 0 radical (unpaired) electrons. The summed E-state index contributed by atoms with van der Waals surface area (Å²) < 4.78 is 6.40. The van der Waals surface area contributed by atoms with Crippen LogP contribution in [0.4, 0.5) is 0 Å². The minimum absolute atomic E-state index is 0.0293. The van der Waals surface area contributed by atoms with Gasteiger partial charge in [0.2, 0.25) is 0 Å². The lowest BCUT2D eigenvalue weighted by molar-refractivity contribution is 0.0451. The van der Waals surface area contributed by atoms with Crippen LogP contribution < -0.4 is 10.3 Å². The predicted octanol–water partition coefficient (Wildman–Crippen LogP) is 1.38. The molecule has 3 rings (SSSR count). The molecule has 0 N–H and O–H groups in total. The molecule has 1 aromatic carbocycles. The molecule has 2 aromatic rings. The highest BCUT2D eigenvalue weighted by Crippen LogP contribution is 2.35. The molecule has 2 heterocycles. The molecule has 1 fully saturated rings. The maximum atomic E-state index is 12.5. The highest BCUT2D eigenvalue weighted by molar-refractivity contribution is 5.93. The van der Waals surface area contributed by atoms with E-state index in [4.69, 9.17) is 4.74 Å². The van der Waals surface area contributed by atoms with Crippen LogP contribution in [-0.4, -0.2) is 34.2 Å². The van der Waals surface area contributed by atoms with Crippen LogP contribution in [0.15, 0.2) is 41.2 Å². The molecular weight excluding hydrogens is 282 g/mol. The summed E-state index contributed by atoms with van der Waals surface area (Å²) in [4.78, 5) is 25.7. The van der Waals surface area contributed by atoms with Crippen LogP contribution in [0.1, 0.15) is 28.5 Å². The van der Waals surface area contributed by atoms with E-state index in [1.807, 2.05) is 24.3 Å². The molecule has 0 bridgehead atoms. The summed E-state index contributed by atoms with van der Waals surface area (Å²) in [6, 6.07) is 10.6. The van der Waals surface area contributed by atoms with Crippen LogP contribution in [0.2, 0.25) is 0 Å². The number of amides is 1. The Morgan fingerprint density at radius 1 is 1.32 bits per heavy atom. The zero-order valence-corrected chi connectivity index (χ0v) is 12.5. The number of hydrogen-bond acceptors (Lipinski definition) is 4. The number of likely N-dealkylation sites (tertiary alicyclic amines) is 1. The fourth-order valence-corrected chi connectivity index (χ4v) is 2.59. The molecule has 6 heteroatoms. The zero-order valence-electron chi connectivity index (χ0n) is 12.5. The Hall–Kier alpha value is -2.63. The smallest absolute Gasteiger partial charge is 0.274 e. The van der Waals surface area contributed by atoms with Gasteiger partial charge in [0.1, 0.15) is 11.4 Å². The molecule has 1 aliphatic heterocycles. The lowest BCUT2D eigenvalue weighted by Gasteiger charge is -2.41. The quantitative estimate of drug-likeness (QED) is 0.859. The largest absolute Gasteiger partial charge is 0.497 e. The number of aromatic nitrogens is 2. The minimum atomic E-state index is -0.232. The molecule has 22 heavy (non-hydrogen) atoms. The number of aryl methyl sites for hydroxylation is 1. The van der Waals surface area contributed by atoms with Crippen LogP contribution >= 0.6 is 0 Å². The van der Waals surface area contributed by atoms with E-state index >= 15 is 0 Å². The minimum Gasteiger partial charge on any atom is -0.497 e. The third-order valence-corrected chi connectivity index (χ3v) is 3.94. The SMILES string of the molecule is COc1cccc(C2CCN2C(=O)c2ccc(=O)n(C)n2)c1. The number of carbonyl (C=O) groups excluding carboxylic acids is 1. The summed E-state index contributed by atoms with van der Waals surface area (Å²) in [6.07, 6.45) is 0.907. The van der Waals surface area contributed by atoms with Gasteiger partial charge in [0.25, 0.3) is 11.5 Å². The molecule has 0 saturated carbocycles. The van der Waals surface area contributed by atoms with Crippen molar-refractivity contribution in [3.05, 3.63) is 58.0 Å². The average molecular weight is 299 g/mol. The van der Waals surface area contributed by atoms with Gasteiger partial charge < -0.3 is 9.64 Å². The Kier molecular flexibility index (Phi) is 3.66. The molecule has 114 valence electrons. The van der Waals surface area contributed by atoms with Crippen molar-refractivity contribution in [2.24, 2.45) is 7.05 Å². The van der Waals surface area contributed by atoms with Gasteiger partial charge in [0, 0.05) is 19.7 Å². The highest BCUT2D eigenvalue weighted by atomic mass is 16.5. The van der Waals surface area contributed by atoms with Gasteiger partial charge in [-0.3, -0.25) is 9.59 Å². The van der Waals surface area contributed by atoms with Gasteiger partial charge in [-0.2, -0.15) is 5.10 Å². The van der Waals surface area contributed by atoms with Gasteiger partial charge in [-0.25, -0.2) is 4.68 Å². The van der Waals surface area contributed by atoms with Crippen molar-refractivity contribution < 1.29 is 9.53 Å². The normalized spacial score (nSPS) is 17.0. The number of methoxy groups -OCH3 is 1. The summed E-state index contributed by atoms with van der Waals surface area (Å²) in [6.45, 7) is 0.686. The van der Waals surface area contributed by atoms with E-state index in [2.05, 4.69) is 5.10 Å². The van der Waals surface area contributed by atoms with Gasteiger partial charge in [0.05, 0.1) is 13.2 Å². The van der Waals surface area contributed by atoms with Crippen molar-refractivity contribution in [2.75, 3.05) is 13.7 Å². The van der Waals surface area contributed by atoms with E-state index in [1.54, 1.807) is 12.0 Å². The van der Waals surface area contributed by atoms with E-state index in [1.165, 1.54) is 23.9 Å². The van der Waals surface area contributed by atoms with Crippen molar-refractivity contribution in [2.45, 2.75) is 12.5 Å². The maximum Gasteiger partial charge on any atom is 0.274 e. The summed E-state index contributed by atoms with van der Waals surface area (Å²) in [5.74, 6) is 0.617. The van der Waals surface area contributed by atoms with Crippen LogP contribution in [0.3, 0.4) is 0 Å². The first-order valence-corrected chi connectivity index (χ1v) is 7.09. The number of nitrogens with zero attached hydrogens (tertiary/aromatic N) is 3. The first-order chi connectivity index (χ1) is 10.6. The van der Waals surface area contributed by atoms with Gasteiger partial charge >= 0.3 is 0 Å². The van der Waals surface area contributed by atoms with E-state index < -0.39 is 0 Å². The number of hydrogen-bond donors (Lipinski definition) is 0. The second-order valence-electron chi connectivity index (χ2n) is 5.26. The Labute approximate surface area is 127 Å². The third-order valence-electron chi connectivity index (χ3n) is 3.94. The molecule has 1 saturated heterocycles. The summed E-state index contributed by atoms with van der Waals surface area (Å²) in [5, 5.41) is 4.03. The molecule has 1 amide bonds. The van der Waals surface area contributed by atoms with E-state index in [9.17, 15) is 9.59 Å². The average Bonchev–Trinajstić information content (AvgIpc) is 2.49. The van der Waals surface area contributed by atoms with Crippen molar-refractivity contribution >= 4 is 5.91 Å². The van der Waals surface area contributed by atoms with Gasteiger partial charge in [-0.1, -0.05) is 12.1 Å². The number of benzene rings is 1. The Morgan fingerprint density at radius 3 is 2.77 bits per heavy atom. The van der Waals surface area contributed by atoms with Crippen LogP contribution in [0, 0.1) is 0 Å². The van der Waals surface area contributed by atoms with E-state index in [0.717, 1.165) is 17.7 Å². The van der Waals surface area contributed by atoms with Gasteiger partial charge in [-0.15, -0.1) is 0 Å². The fourth-order valence-electron chi connectivity index (χ4n) is 2.59. The summed E-state index contributed by atoms with van der Waals surface area (Å²) >= 11 is 0. The first-order valence-electron chi connectivity index (χ1n) is 7.09. The second kappa shape index (κ2) is 5.63.